The molecule has 0 spiro atoms. The number of rotatable bonds is 5. The monoisotopic (exact) mass is 293 g/mol. The number of benzene rings is 1. The second-order valence-electron chi connectivity index (χ2n) is 3.89. The predicted octanol–water partition coefficient (Wildman–Crippen LogP) is 2.80. The molecule has 0 heterocycles. The molecule has 2 N–H and O–H groups in total. The lowest BCUT2D eigenvalue weighted by atomic mass is 10.1. The normalized spacial score (nSPS) is 13.1. The second-order valence-corrected chi connectivity index (χ2v) is 4.33. The van der Waals surface area contributed by atoms with Crippen LogP contribution in [-0.4, -0.2) is 24.4 Å². The van der Waals surface area contributed by atoms with Crippen LogP contribution in [0.15, 0.2) is 18.2 Å². The van der Waals surface area contributed by atoms with Crippen molar-refractivity contribution < 1.29 is 22.6 Å². The van der Waals surface area contributed by atoms with Crippen molar-refractivity contribution in [2.45, 2.75) is 25.8 Å². The number of hydrogen-bond donors (Lipinski definition) is 1. The largest absolute Gasteiger partial charge is 0.496 e. The van der Waals surface area contributed by atoms with Gasteiger partial charge in [0.25, 0.3) is 0 Å². The van der Waals surface area contributed by atoms with Crippen LogP contribution < -0.4 is 10.5 Å². The lowest BCUT2D eigenvalue weighted by Gasteiger charge is -2.17. The summed E-state index contributed by atoms with van der Waals surface area (Å²) in [6.07, 6.45) is -6.20. The zero-order valence-corrected chi connectivity index (χ0v) is 11.3. The Morgan fingerprint density at radius 3 is 2.53 bits per heavy atom. The molecule has 0 bridgehead atoms. The third-order valence-electron chi connectivity index (χ3n) is 2.49. The van der Waals surface area contributed by atoms with Crippen LogP contribution >= 0.6 is 12.2 Å². The van der Waals surface area contributed by atoms with Gasteiger partial charge in [-0.2, -0.15) is 13.2 Å². The Bertz CT molecular complexity index is 463. The number of methoxy groups -OCH3 is 1. The molecule has 0 aromatic heterocycles. The maximum absolute atomic E-state index is 12.3. The summed E-state index contributed by atoms with van der Waals surface area (Å²) in [6, 6.07) is 4.75. The van der Waals surface area contributed by atoms with Gasteiger partial charge in [0.2, 0.25) is 0 Å². The molecule has 19 heavy (non-hydrogen) atoms. The van der Waals surface area contributed by atoms with E-state index in [1.165, 1.54) is 7.11 Å². The molecule has 1 atom stereocenters. The molecule has 0 saturated heterocycles. The van der Waals surface area contributed by atoms with Gasteiger partial charge in [0, 0.05) is 0 Å². The molecule has 1 unspecified atom stereocenters. The third kappa shape index (κ3) is 4.36. The van der Waals surface area contributed by atoms with Crippen molar-refractivity contribution in [3.05, 3.63) is 29.3 Å². The Morgan fingerprint density at radius 2 is 2.05 bits per heavy atom. The SMILES string of the molecule is COc1cc(COC(C)C(F)(F)F)ccc1C(N)=S. The average molecular weight is 293 g/mol. The zero-order chi connectivity index (χ0) is 14.6. The van der Waals surface area contributed by atoms with E-state index in [1.807, 2.05) is 0 Å². The van der Waals surface area contributed by atoms with Crippen molar-refractivity contribution in [1.82, 2.24) is 0 Å². The van der Waals surface area contributed by atoms with Crippen molar-refractivity contribution in [1.29, 1.82) is 0 Å². The van der Waals surface area contributed by atoms with E-state index in [0.717, 1.165) is 6.92 Å². The molecular formula is C12H14F3NO2S. The van der Waals surface area contributed by atoms with Gasteiger partial charge in [-0.1, -0.05) is 18.3 Å². The zero-order valence-electron chi connectivity index (χ0n) is 10.5. The highest BCUT2D eigenvalue weighted by atomic mass is 32.1. The van der Waals surface area contributed by atoms with Crippen molar-refractivity contribution >= 4 is 17.2 Å². The lowest BCUT2D eigenvalue weighted by molar-refractivity contribution is -0.217. The van der Waals surface area contributed by atoms with E-state index in [4.69, 9.17) is 27.4 Å². The minimum atomic E-state index is -4.37. The van der Waals surface area contributed by atoms with E-state index in [1.54, 1.807) is 18.2 Å². The van der Waals surface area contributed by atoms with Crippen LogP contribution in [0.3, 0.4) is 0 Å². The van der Waals surface area contributed by atoms with E-state index in [2.05, 4.69) is 0 Å². The summed E-state index contributed by atoms with van der Waals surface area (Å²) in [6.45, 7) is 0.787. The quantitative estimate of drug-likeness (QED) is 0.848. The summed E-state index contributed by atoms with van der Waals surface area (Å²) in [7, 11) is 1.43. The van der Waals surface area contributed by atoms with Crippen LogP contribution in [0.5, 0.6) is 5.75 Å². The maximum Gasteiger partial charge on any atom is 0.414 e. The fraction of sp³-hybridized carbons (Fsp3) is 0.417. The highest BCUT2D eigenvalue weighted by Crippen LogP contribution is 2.25. The highest BCUT2D eigenvalue weighted by Gasteiger charge is 2.36. The Morgan fingerprint density at radius 1 is 1.42 bits per heavy atom. The summed E-state index contributed by atoms with van der Waals surface area (Å²) < 4.78 is 46.7. The van der Waals surface area contributed by atoms with Crippen LogP contribution in [0.4, 0.5) is 13.2 Å². The average Bonchev–Trinajstić information content (AvgIpc) is 2.33. The standard InChI is InChI=1S/C12H14F3NO2S/c1-7(12(13,14)15)18-6-8-3-4-9(11(16)19)10(5-8)17-2/h3-5,7H,6H2,1-2H3,(H2,16,19). The number of halogens is 3. The number of ether oxygens (including phenoxy) is 2. The molecular weight excluding hydrogens is 279 g/mol. The summed E-state index contributed by atoms with van der Waals surface area (Å²) in [4.78, 5) is 0.160. The molecule has 7 heteroatoms. The molecule has 0 fully saturated rings. The molecule has 1 rings (SSSR count). The van der Waals surface area contributed by atoms with Gasteiger partial charge in [-0.15, -0.1) is 0 Å². The molecule has 0 amide bonds. The second kappa shape index (κ2) is 6.21. The van der Waals surface area contributed by atoms with E-state index in [0.29, 0.717) is 16.9 Å². The number of hydrogen-bond acceptors (Lipinski definition) is 3. The van der Waals surface area contributed by atoms with Gasteiger partial charge in [0.05, 0.1) is 19.3 Å². The van der Waals surface area contributed by atoms with Crippen LogP contribution in [0, 0.1) is 0 Å². The van der Waals surface area contributed by atoms with Gasteiger partial charge in [-0.25, -0.2) is 0 Å². The fourth-order valence-corrected chi connectivity index (χ4v) is 1.51. The first-order valence-electron chi connectivity index (χ1n) is 5.40. The smallest absolute Gasteiger partial charge is 0.414 e. The third-order valence-corrected chi connectivity index (χ3v) is 2.71. The van der Waals surface area contributed by atoms with E-state index in [-0.39, 0.29) is 11.6 Å². The van der Waals surface area contributed by atoms with Gasteiger partial charge < -0.3 is 15.2 Å². The first-order chi connectivity index (χ1) is 8.75. The summed E-state index contributed by atoms with van der Waals surface area (Å²) >= 11 is 4.83. The molecule has 3 nitrogen and oxygen atoms in total. The van der Waals surface area contributed by atoms with Crippen LogP contribution in [0.1, 0.15) is 18.1 Å². The van der Waals surface area contributed by atoms with Crippen LogP contribution in [0.2, 0.25) is 0 Å². The molecule has 1 aromatic rings. The summed E-state index contributed by atoms with van der Waals surface area (Å²) in [5, 5.41) is 0. The molecule has 0 aliphatic heterocycles. The lowest BCUT2D eigenvalue weighted by Crippen LogP contribution is -2.28. The molecule has 0 radical (unpaired) electrons. The predicted molar refractivity (Wildman–Crippen MR) is 69.2 cm³/mol. The Labute approximate surface area is 114 Å². The minimum absolute atomic E-state index is 0.160. The van der Waals surface area contributed by atoms with Crippen LogP contribution in [0.25, 0.3) is 0 Å². The number of alkyl halides is 3. The number of nitrogens with two attached hydrogens (primary N) is 1. The Hall–Kier alpha value is -1.34. The van der Waals surface area contributed by atoms with E-state index in [9.17, 15) is 13.2 Å². The van der Waals surface area contributed by atoms with Gasteiger partial charge in [0.1, 0.15) is 10.7 Å². The topological polar surface area (TPSA) is 44.5 Å². The summed E-state index contributed by atoms with van der Waals surface area (Å²) in [5.41, 5.74) is 6.57. The van der Waals surface area contributed by atoms with Gasteiger partial charge >= 0.3 is 6.18 Å². The molecule has 1 aromatic carbocycles. The minimum Gasteiger partial charge on any atom is -0.496 e. The molecule has 0 saturated carbocycles. The Balaban J connectivity index is 2.78. The van der Waals surface area contributed by atoms with Crippen LogP contribution in [-0.2, 0) is 11.3 Å². The van der Waals surface area contributed by atoms with Crippen molar-refractivity contribution in [2.24, 2.45) is 5.73 Å². The maximum atomic E-state index is 12.3. The van der Waals surface area contributed by atoms with Gasteiger partial charge in [-0.3, -0.25) is 0 Å². The molecule has 0 aliphatic carbocycles. The van der Waals surface area contributed by atoms with E-state index < -0.39 is 12.3 Å². The van der Waals surface area contributed by atoms with Gasteiger partial charge in [0.15, 0.2) is 6.10 Å². The van der Waals surface area contributed by atoms with Crippen molar-refractivity contribution in [3.63, 3.8) is 0 Å². The van der Waals surface area contributed by atoms with Gasteiger partial charge in [-0.05, 0) is 24.6 Å². The highest BCUT2D eigenvalue weighted by molar-refractivity contribution is 7.80. The Kier molecular flexibility index (Phi) is 5.13. The van der Waals surface area contributed by atoms with Crippen molar-refractivity contribution in [3.8, 4) is 5.75 Å². The van der Waals surface area contributed by atoms with E-state index >= 15 is 0 Å². The fourth-order valence-electron chi connectivity index (χ4n) is 1.34. The van der Waals surface area contributed by atoms with Crippen molar-refractivity contribution in [2.75, 3.05) is 7.11 Å². The molecule has 106 valence electrons. The first kappa shape index (κ1) is 15.7. The number of thiocarbonyl (C=S) groups is 1. The summed E-state index contributed by atoms with van der Waals surface area (Å²) in [5.74, 6) is 0.410. The molecule has 0 aliphatic rings. The first-order valence-corrected chi connectivity index (χ1v) is 5.81.